The van der Waals surface area contributed by atoms with E-state index in [0.717, 1.165) is 0 Å². The summed E-state index contributed by atoms with van der Waals surface area (Å²) in [4.78, 5) is 10.7. The van der Waals surface area contributed by atoms with Gasteiger partial charge >= 0.3 is 11.9 Å². The monoisotopic (exact) mass is 207 g/mol. The molecule has 82 valence electrons. The molecule has 0 aromatic rings. The summed E-state index contributed by atoms with van der Waals surface area (Å²) < 4.78 is 30.0. The summed E-state index contributed by atoms with van der Waals surface area (Å²) in [6.45, 7) is 4.56. The third kappa shape index (κ3) is 4.91. The summed E-state index contributed by atoms with van der Waals surface area (Å²) in [6, 6.07) is 0. The third-order valence-corrected chi connectivity index (χ3v) is 1.45. The number of hydrogen-bond donors (Lipinski definition) is 1. The second kappa shape index (κ2) is 6.48. The molecule has 0 saturated carbocycles. The van der Waals surface area contributed by atoms with E-state index >= 15 is 0 Å². The Hall–Kier alpha value is -0.970. The maximum Gasteiger partial charge on any atom is 0.378 e. The maximum atomic E-state index is 12.9. The average Bonchev–Trinajstić information content (AvgIpc) is 2.13. The van der Waals surface area contributed by atoms with Gasteiger partial charge in [-0.1, -0.05) is 6.08 Å². The van der Waals surface area contributed by atoms with E-state index in [0.29, 0.717) is 13.0 Å². The summed E-state index contributed by atoms with van der Waals surface area (Å²) in [5.41, 5.74) is 0. The Balaban J connectivity index is 3.81. The van der Waals surface area contributed by atoms with Crippen LogP contribution in [0.5, 0.6) is 0 Å². The van der Waals surface area contributed by atoms with E-state index in [1.807, 2.05) is 0 Å². The molecule has 0 saturated heterocycles. The Kier molecular flexibility index (Phi) is 6.03. The van der Waals surface area contributed by atoms with Gasteiger partial charge in [0.25, 0.3) is 0 Å². The molecule has 3 nitrogen and oxygen atoms in total. The summed E-state index contributed by atoms with van der Waals surface area (Å²) in [5.74, 6) is -4.93. The minimum Gasteiger partial charge on any atom is -0.462 e. The molecular formula is C9H15F2NO2. The number of nitrogens with one attached hydrogen (secondary N) is 1. The molecule has 0 aliphatic carbocycles. The molecule has 0 heterocycles. The average molecular weight is 207 g/mol. The number of ether oxygens (including phenoxy) is 1. The zero-order chi connectivity index (χ0) is 11.0. The van der Waals surface area contributed by atoms with Gasteiger partial charge in [-0.15, -0.1) is 6.58 Å². The Morgan fingerprint density at radius 2 is 2.29 bits per heavy atom. The molecule has 0 bridgehead atoms. The lowest BCUT2D eigenvalue weighted by molar-refractivity contribution is -0.170. The standard InChI is InChI=1S/C9H15F2NO2/c1-3-5-6-12-7-9(10,11)8(13)14-4-2/h3,12H,1,4-7H2,2H3. The molecule has 0 radical (unpaired) electrons. The van der Waals surface area contributed by atoms with Crippen molar-refractivity contribution >= 4 is 5.97 Å². The van der Waals surface area contributed by atoms with Crippen LogP contribution in [-0.4, -0.2) is 31.6 Å². The van der Waals surface area contributed by atoms with Crippen molar-refractivity contribution in [3.05, 3.63) is 12.7 Å². The molecular weight excluding hydrogens is 192 g/mol. The first-order valence-corrected chi connectivity index (χ1v) is 4.41. The van der Waals surface area contributed by atoms with Crippen LogP contribution in [0, 0.1) is 0 Å². The van der Waals surface area contributed by atoms with Crippen molar-refractivity contribution in [2.45, 2.75) is 19.3 Å². The summed E-state index contributed by atoms with van der Waals surface area (Å²) >= 11 is 0. The first kappa shape index (κ1) is 13.0. The van der Waals surface area contributed by atoms with Crippen LogP contribution in [0.4, 0.5) is 8.78 Å². The zero-order valence-corrected chi connectivity index (χ0v) is 8.19. The van der Waals surface area contributed by atoms with Crippen molar-refractivity contribution < 1.29 is 18.3 Å². The maximum absolute atomic E-state index is 12.9. The van der Waals surface area contributed by atoms with Crippen molar-refractivity contribution in [2.75, 3.05) is 19.7 Å². The van der Waals surface area contributed by atoms with E-state index in [2.05, 4.69) is 16.6 Å². The first-order chi connectivity index (χ1) is 6.54. The second-order valence-corrected chi connectivity index (χ2v) is 2.68. The highest BCUT2D eigenvalue weighted by Crippen LogP contribution is 2.13. The van der Waals surface area contributed by atoms with Crippen molar-refractivity contribution in [1.29, 1.82) is 0 Å². The van der Waals surface area contributed by atoms with Crippen molar-refractivity contribution in [3.8, 4) is 0 Å². The predicted molar refractivity (Wildman–Crippen MR) is 49.3 cm³/mol. The molecule has 0 unspecified atom stereocenters. The molecule has 5 heteroatoms. The molecule has 0 fully saturated rings. The fourth-order valence-electron chi connectivity index (χ4n) is 0.758. The molecule has 0 rings (SSSR count). The highest BCUT2D eigenvalue weighted by atomic mass is 19.3. The molecule has 14 heavy (non-hydrogen) atoms. The van der Waals surface area contributed by atoms with Gasteiger partial charge in [0.15, 0.2) is 0 Å². The number of esters is 1. The SMILES string of the molecule is C=CCCNCC(F)(F)C(=O)OCC. The van der Waals surface area contributed by atoms with E-state index in [1.165, 1.54) is 6.92 Å². The van der Waals surface area contributed by atoms with E-state index in [9.17, 15) is 13.6 Å². The molecule has 0 aliphatic heterocycles. The molecule has 0 amide bonds. The largest absolute Gasteiger partial charge is 0.462 e. The molecule has 0 aromatic carbocycles. The Morgan fingerprint density at radius 3 is 2.79 bits per heavy atom. The van der Waals surface area contributed by atoms with Crippen LogP contribution in [0.3, 0.4) is 0 Å². The minimum absolute atomic E-state index is 0.0406. The third-order valence-electron chi connectivity index (χ3n) is 1.45. The number of rotatable bonds is 7. The lowest BCUT2D eigenvalue weighted by Gasteiger charge is -2.14. The number of carbonyl (C=O) groups is 1. The normalized spacial score (nSPS) is 11.1. The van der Waals surface area contributed by atoms with Crippen LogP contribution >= 0.6 is 0 Å². The second-order valence-electron chi connectivity index (χ2n) is 2.68. The number of alkyl halides is 2. The zero-order valence-electron chi connectivity index (χ0n) is 8.19. The predicted octanol–water partition coefficient (Wildman–Crippen LogP) is 1.35. The van der Waals surface area contributed by atoms with Crippen LogP contribution in [-0.2, 0) is 9.53 Å². The smallest absolute Gasteiger partial charge is 0.378 e. The lowest BCUT2D eigenvalue weighted by Crippen LogP contribution is -2.41. The molecule has 0 aromatic heterocycles. The highest BCUT2D eigenvalue weighted by Gasteiger charge is 2.39. The van der Waals surface area contributed by atoms with Gasteiger partial charge in [-0.25, -0.2) is 4.79 Å². The summed E-state index contributed by atoms with van der Waals surface area (Å²) in [5, 5.41) is 2.44. The Bertz CT molecular complexity index is 195. The van der Waals surface area contributed by atoms with Gasteiger partial charge in [-0.05, 0) is 19.9 Å². The lowest BCUT2D eigenvalue weighted by atomic mass is 10.3. The molecule has 1 N–H and O–H groups in total. The number of halogens is 2. The van der Waals surface area contributed by atoms with Gasteiger partial charge < -0.3 is 10.1 Å². The van der Waals surface area contributed by atoms with E-state index in [1.54, 1.807) is 6.08 Å². The van der Waals surface area contributed by atoms with Crippen LogP contribution in [0.1, 0.15) is 13.3 Å². The van der Waals surface area contributed by atoms with Gasteiger partial charge in [0.1, 0.15) is 0 Å². The van der Waals surface area contributed by atoms with E-state index < -0.39 is 18.4 Å². The molecule has 0 spiro atoms. The van der Waals surface area contributed by atoms with E-state index in [-0.39, 0.29) is 6.61 Å². The van der Waals surface area contributed by atoms with Crippen LogP contribution in [0.25, 0.3) is 0 Å². The molecule has 0 aliphatic rings. The van der Waals surface area contributed by atoms with Crippen LogP contribution in [0.2, 0.25) is 0 Å². The summed E-state index contributed by atoms with van der Waals surface area (Å²) in [7, 11) is 0. The van der Waals surface area contributed by atoms with Crippen molar-refractivity contribution in [2.24, 2.45) is 0 Å². The fraction of sp³-hybridized carbons (Fsp3) is 0.667. The topological polar surface area (TPSA) is 38.3 Å². The Labute approximate surface area is 82.1 Å². The van der Waals surface area contributed by atoms with Gasteiger partial charge in [-0.2, -0.15) is 8.78 Å². The van der Waals surface area contributed by atoms with Gasteiger partial charge in [0, 0.05) is 0 Å². The van der Waals surface area contributed by atoms with Crippen molar-refractivity contribution in [1.82, 2.24) is 5.32 Å². The van der Waals surface area contributed by atoms with Gasteiger partial charge in [-0.3, -0.25) is 0 Å². The minimum atomic E-state index is -3.45. The molecule has 0 atom stereocenters. The van der Waals surface area contributed by atoms with E-state index in [4.69, 9.17) is 0 Å². The fourth-order valence-corrected chi connectivity index (χ4v) is 0.758. The number of hydrogen-bond acceptors (Lipinski definition) is 3. The summed E-state index contributed by atoms with van der Waals surface area (Å²) in [6.07, 6.45) is 2.19. The van der Waals surface area contributed by atoms with Crippen molar-refractivity contribution in [3.63, 3.8) is 0 Å². The quantitative estimate of drug-likeness (QED) is 0.389. The first-order valence-electron chi connectivity index (χ1n) is 4.41. The van der Waals surface area contributed by atoms with Gasteiger partial charge in [0.05, 0.1) is 13.2 Å². The Morgan fingerprint density at radius 1 is 1.64 bits per heavy atom. The van der Waals surface area contributed by atoms with Crippen LogP contribution < -0.4 is 5.32 Å². The highest BCUT2D eigenvalue weighted by molar-refractivity contribution is 5.77. The number of carbonyl (C=O) groups excluding carboxylic acids is 1. The van der Waals surface area contributed by atoms with Gasteiger partial charge in [0.2, 0.25) is 0 Å². The van der Waals surface area contributed by atoms with Crippen LogP contribution in [0.15, 0.2) is 12.7 Å².